The van der Waals surface area contributed by atoms with Crippen molar-refractivity contribution in [2.75, 3.05) is 5.32 Å². The van der Waals surface area contributed by atoms with Gasteiger partial charge in [0.15, 0.2) is 11.5 Å². The van der Waals surface area contributed by atoms with Crippen molar-refractivity contribution in [3.05, 3.63) is 56.2 Å². The Morgan fingerprint density at radius 1 is 1.31 bits per heavy atom. The number of anilines is 1. The van der Waals surface area contributed by atoms with Gasteiger partial charge in [0, 0.05) is 5.69 Å². The summed E-state index contributed by atoms with van der Waals surface area (Å²) in [6.45, 7) is 3.94. The number of aromatic nitrogens is 6. The topological polar surface area (TPSA) is 101 Å². The standard InChI is InChI=1S/C17H16IN7O/c1-3-10(23-16-14-15(20-7-19-14)21-8-22-16)13-12(18)17(26)25-9(2)5-4-6-11(25)24-13/h4-8,10H,3H2,1-2H3,(H2,19,20,21,22,23). The third kappa shape index (κ3) is 2.71. The van der Waals surface area contributed by atoms with Crippen LogP contribution in [0.3, 0.4) is 0 Å². The van der Waals surface area contributed by atoms with E-state index in [1.807, 2.05) is 32.0 Å². The van der Waals surface area contributed by atoms with Gasteiger partial charge in [-0.15, -0.1) is 0 Å². The number of nitrogens with one attached hydrogen (secondary N) is 2. The van der Waals surface area contributed by atoms with Gasteiger partial charge in [-0.05, 0) is 48.1 Å². The smallest absolute Gasteiger partial charge is 0.271 e. The zero-order valence-electron chi connectivity index (χ0n) is 14.2. The molecule has 26 heavy (non-hydrogen) atoms. The first kappa shape index (κ1) is 16.9. The Morgan fingerprint density at radius 2 is 2.15 bits per heavy atom. The van der Waals surface area contributed by atoms with Gasteiger partial charge in [0.2, 0.25) is 0 Å². The first-order chi connectivity index (χ1) is 12.6. The first-order valence-corrected chi connectivity index (χ1v) is 9.26. The summed E-state index contributed by atoms with van der Waals surface area (Å²) in [5.41, 5.74) is 3.48. The molecule has 0 spiro atoms. The van der Waals surface area contributed by atoms with E-state index in [0.29, 0.717) is 31.9 Å². The zero-order valence-corrected chi connectivity index (χ0v) is 16.4. The third-order valence-electron chi connectivity index (χ3n) is 4.28. The monoisotopic (exact) mass is 461 g/mol. The molecule has 0 aromatic carbocycles. The summed E-state index contributed by atoms with van der Waals surface area (Å²) < 4.78 is 2.23. The summed E-state index contributed by atoms with van der Waals surface area (Å²) in [7, 11) is 0. The van der Waals surface area contributed by atoms with Crippen LogP contribution in [0.2, 0.25) is 0 Å². The molecule has 1 unspecified atom stereocenters. The lowest BCUT2D eigenvalue weighted by atomic mass is 10.1. The van der Waals surface area contributed by atoms with Crippen LogP contribution in [-0.2, 0) is 0 Å². The summed E-state index contributed by atoms with van der Waals surface area (Å²) in [5, 5.41) is 3.37. The number of hydrogen-bond acceptors (Lipinski definition) is 6. The molecular formula is C17H16IN7O. The average molecular weight is 461 g/mol. The summed E-state index contributed by atoms with van der Waals surface area (Å²) in [4.78, 5) is 33.3. The highest BCUT2D eigenvalue weighted by Gasteiger charge is 2.20. The van der Waals surface area contributed by atoms with Crippen LogP contribution in [0.5, 0.6) is 0 Å². The van der Waals surface area contributed by atoms with Crippen LogP contribution in [0, 0.1) is 10.5 Å². The third-order valence-corrected chi connectivity index (χ3v) is 5.30. The molecule has 9 heteroatoms. The molecule has 132 valence electrons. The number of H-pyrrole nitrogens is 1. The maximum absolute atomic E-state index is 12.9. The molecule has 0 bridgehead atoms. The molecule has 4 rings (SSSR count). The van der Waals surface area contributed by atoms with E-state index in [4.69, 9.17) is 4.98 Å². The number of imidazole rings is 1. The lowest BCUT2D eigenvalue weighted by molar-refractivity contribution is 0.709. The van der Waals surface area contributed by atoms with Gasteiger partial charge >= 0.3 is 0 Å². The molecule has 0 radical (unpaired) electrons. The molecule has 0 aliphatic rings. The summed E-state index contributed by atoms with van der Waals surface area (Å²) in [5.74, 6) is 0.616. The lowest BCUT2D eigenvalue weighted by Crippen LogP contribution is -2.25. The Morgan fingerprint density at radius 3 is 2.96 bits per heavy atom. The van der Waals surface area contributed by atoms with Gasteiger partial charge in [-0.1, -0.05) is 13.0 Å². The highest BCUT2D eigenvalue weighted by Crippen LogP contribution is 2.25. The molecule has 4 aromatic heterocycles. The van der Waals surface area contributed by atoms with Gasteiger partial charge in [-0.3, -0.25) is 9.20 Å². The van der Waals surface area contributed by atoms with Crippen LogP contribution in [0.1, 0.15) is 30.8 Å². The Bertz CT molecular complexity index is 1170. The molecule has 0 aliphatic heterocycles. The molecule has 4 aromatic rings. The highest BCUT2D eigenvalue weighted by molar-refractivity contribution is 14.1. The fraction of sp³-hybridized carbons (Fsp3) is 0.235. The van der Waals surface area contributed by atoms with Crippen molar-refractivity contribution in [2.24, 2.45) is 0 Å². The van der Waals surface area contributed by atoms with E-state index in [1.165, 1.54) is 6.33 Å². The fourth-order valence-corrected chi connectivity index (χ4v) is 3.70. The predicted octanol–water partition coefficient (Wildman–Crippen LogP) is 2.84. The van der Waals surface area contributed by atoms with Gasteiger partial charge in [-0.25, -0.2) is 19.9 Å². The number of fused-ring (bicyclic) bond motifs is 2. The maximum Gasteiger partial charge on any atom is 0.271 e. The Labute approximate surface area is 162 Å². The van der Waals surface area contributed by atoms with Gasteiger partial charge in [-0.2, -0.15) is 0 Å². The molecule has 2 N–H and O–H groups in total. The van der Waals surface area contributed by atoms with E-state index in [-0.39, 0.29) is 11.6 Å². The molecule has 0 amide bonds. The molecule has 0 fully saturated rings. The van der Waals surface area contributed by atoms with Crippen LogP contribution in [0.15, 0.2) is 35.6 Å². The molecule has 0 aliphatic carbocycles. The van der Waals surface area contributed by atoms with Crippen molar-refractivity contribution in [3.63, 3.8) is 0 Å². The van der Waals surface area contributed by atoms with Crippen molar-refractivity contribution >= 4 is 45.2 Å². The van der Waals surface area contributed by atoms with E-state index in [9.17, 15) is 4.79 Å². The van der Waals surface area contributed by atoms with E-state index < -0.39 is 0 Å². The normalized spacial score (nSPS) is 12.6. The zero-order chi connectivity index (χ0) is 18.3. The summed E-state index contributed by atoms with van der Waals surface area (Å²) >= 11 is 2.08. The number of nitrogens with zero attached hydrogens (tertiary/aromatic N) is 5. The molecular weight excluding hydrogens is 445 g/mol. The van der Waals surface area contributed by atoms with Crippen LogP contribution in [0.4, 0.5) is 5.82 Å². The molecule has 4 heterocycles. The van der Waals surface area contributed by atoms with Crippen LogP contribution in [0.25, 0.3) is 16.8 Å². The fourth-order valence-electron chi connectivity index (χ4n) is 2.96. The van der Waals surface area contributed by atoms with Crippen molar-refractivity contribution in [3.8, 4) is 0 Å². The quantitative estimate of drug-likeness (QED) is 0.454. The van der Waals surface area contributed by atoms with Crippen LogP contribution < -0.4 is 10.9 Å². The largest absolute Gasteiger partial charge is 0.360 e. The van der Waals surface area contributed by atoms with Crippen LogP contribution >= 0.6 is 22.6 Å². The Kier molecular flexibility index (Phi) is 4.31. The van der Waals surface area contributed by atoms with Gasteiger partial charge in [0.1, 0.15) is 21.1 Å². The second-order valence-electron chi connectivity index (χ2n) is 5.90. The lowest BCUT2D eigenvalue weighted by Gasteiger charge is -2.19. The van der Waals surface area contributed by atoms with E-state index in [1.54, 1.807) is 10.7 Å². The minimum atomic E-state index is -0.171. The van der Waals surface area contributed by atoms with E-state index in [0.717, 1.165) is 12.1 Å². The van der Waals surface area contributed by atoms with Crippen molar-refractivity contribution in [1.29, 1.82) is 0 Å². The van der Waals surface area contributed by atoms with Crippen molar-refractivity contribution in [1.82, 2.24) is 29.3 Å². The molecule has 0 saturated carbocycles. The van der Waals surface area contributed by atoms with Gasteiger partial charge in [0.05, 0.1) is 18.1 Å². The SMILES string of the molecule is CCC(Nc1ncnc2[nH]cnc12)c1nc2cccc(C)n2c(=O)c1I. The predicted molar refractivity (Wildman–Crippen MR) is 107 cm³/mol. The number of pyridine rings is 1. The Hall–Kier alpha value is -2.56. The number of halogens is 1. The van der Waals surface area contributed by atoms with Gasteiger partial charge < -0.3 is 10.3 Å². The maximum atomic E-state index is 12.9. The average Bonchev–Trinajstić information content (AvgIpc) is 3.12. The first-order valence-electron chi connectivity index (χ1n) is 8.18. The molecule has 1 atom stereocenters. The summed E-state index contributed by atoms with van der Waals surface area (Å²) in [6.07, 6.45) is 3.80. The van der Waals surface area contributed by atoms with Gasteiger partial charge in [0.25, 0.3) is 5.56 Å². The number of aromatic amines is 1. The van der Waals surface area contributed by atoms with Crippen molar-refractivity contribution in [2.45, 2.75) is 26.3 Å². The highest BCUT2D eigenvalue weighted by atomic mass is 127. The number of rotatable bonds is 4. The minimum absolute atomic E-state index is 0.0587. The second kappa shape index (κ2) is 6.63. The molecule has 0 saturated heterocycles. The Balaban J connectivity index is 1.83. The van der Waals surface area contributed by atoms with Crippen LogP contribution in [-0.4, -0.2) is 29.3 Å². The van der Waals surface area contributed by atoms with E-state index in [2.05, 4.69) is 47.8 Å². The molecule has 8 nitrogen and oxygen atoms in total. The number of aryl methyl sites for hydroxylation is 1. The second-order valence-corrected chi connectivity index (χ2v) is 6.98. The minimum Gasteiger partial charge on any atom is -0.360 e. The summed E-state index contributed by atoms with van der Waals surface area (Å²) in [6, 6.07) is 5.48. The number of hydrogen-bond donors (Lipinski definition) is 2. The van der Waals surface area contributed by atoms with E-state index >= 15 is 0 Å². The van der Waals surface area contributed by atoms with Crippen molar-refractivity contribution < 1.29 is 0 Å².